The molecule has 90 valence electrons. The van der Waals surface area contributed by atoms with Gasteiger partial charge in [-0.1, -0.05) is 6.07 Å². The summed E-state index contributed by atoms with van der Waals surface area (Å²) < 4.78 is 10.3. The van der Waals surface area contributed by atoms with Crippen LogP contribution in [0, 0.1) is 0 Å². The largest absolute Gasteiger partial charge is 0.482 e. The molecule has 0 saturated carbocycles. The standard InChI is InChI=1S/C12H13NO3S/c1-13-9-4-8(12(17)6-15-7-12)2-3-10(9)16-5-11(13)14/h2-4,17H,5-7H2,1H3. The van der Waals surface area contributed by atoms with Crippen molar-refractivity contribution >= 4 is 24.2 Å². The SMILES string of the molecule is CN1C(=O)COc2ccc(C3(S)COC3)cc21. The molecule has 4 nitrogen and oxygen atoms in total. The topological polar surface area (TPSA) is 38.8 Å². The lowest BCUT2D eigenvalue weighted by molar-refractivity contribution is -0.120. The van der Waals surface area contributed by atoms with Crippen molar-refractivity contribution in [3.63, 3.8) is 0 Å². The lowest BCUT2D eigenvalue weighted by atomic mass is 9.95. The summed E-state index contributed by atoms with van der Waals surface area (Å²) in [5.74, 6) is 0.709. The van der Waals surface area contributed by atoms with Crippen LogP contribution in [0.2, 0.25) is 0 Å². The summed E-state index contributed by atoms with van der Waals surface area (Å²) in [5, 5.41) is 0. The number of ether oxygens (including phenoxy) is 2. The molecule has 0 aromatic heterocycles. The van der Waals surface area contributed by atoms with Crippen molar-refractivity contribution in [2.75, 3.05) is 31.8 Å². The van der Waals surface area contributed by atoms with Crippen LogP contribution in [0.4, 0.5) is 5.69 Å². The van der Waals surface area contributed by atoms with Crippen molar-refractivity contribution in [2.45, 2.75) is 4.75 Å². The Hall–Kier alpha value is -1.20. The Labute approximate surface area is 105 Å². The van der Waals surface area contributed by atoms with Crippen molar-refractivity contribution in [3.8, 4) is 5.75 Å². The molecule has 0 spiro atoms. The highest BCUT2D eigenvalue weighted by atomic mass is 32.1. The molecule has 17 heavy (non-hydrogen) atoms. The van der Waals surface area contributed by atoms with Gasteiger partial charge in [-0.3, -0.25) is 4.79 Å². The van der Waals surface area contributed by atoms with Crippen LogP contribution in [-0.4, -0.2) is 32.8 Å². The maximum absolute atomic E-state index is 11.6. The van der Waals surface area contributed by atoms with Crippen LogP contribution in [-0.2, 0) is 14.3 Å². The second-order valence-corrected chi connectivity index (χ2v) is 5.30. The third-order valence-corrected chi connectivity index (χ3v) is 3.78. The molecule has 2 aliphatic heterocycles. The number of carbonyl (C=O) groups is 1. The predicted molar refractivity (Wildman–Crippen MR) is 66.8 cm³/mol. The number of nitrogens with zero attached hydrogens (tertiary/aromatic N) is 1. The molecule has 0 atom stereocenters. The number of amides is 1. The van der Waals surface area contributed by atoms with Gasteiger partial charge in [-0.05, 0) is 17.7 Å². The van der Waals surface area contributed by atoms with Gasteiger partial charge >= 0.3 is 0 Å². The first-order valence-electron chi connectivity index (χ1n) is 5.44. The average Bonchev–Trinajstić information content (AvgIpc) is 2.31. The van der Waals surface area contributed by atoms with Crippen molar-refractivity contribution in [1.82, 2.24) is 0 Å². The van der Waals surface area contributed by atoms with Gasteiger partial charge in [0.25, 0.3) is 5.91 Å². The minimum atomic E-state index is -0.226. The number of likely N-dealkylation sites (N-methyl/N-ethyl adjacent to an activating group) is 1. The van der Waals surface area contributed by atoms with Gasteiger partial charge in [-0.25, -0.2) is 0 Å². The van der Waals surface area contributed by atoms with Gasteiger partial charge in [-0.2, -0.15) is 12.6 Å². The number of rotatable bonds is 1. The highest BCUT2D eigenvalue weighted by Crippen LogP contribution is 2.41. The second kappa shape index (κ2) is 3.65. The Kier molecular flexibility index (Phi) is 2.34. The Balaban J connectivity index is 2.03. The fourth-order valence-electron chi connectivity index (χ4n) is 2.02. The van der Waals surface area contributed by atoms with Crippen LogP contribution < -0.4 is 9.64 Å². The molecule has 1 amide bonds. The number of fused-ring (bicyclic) bond motifs is 1. The molecule has 0 aliphatic carbocycles. The molecular formula is C12H13NO3S. The summed E-state index contributed by atoms with van der Waals surface area (Å²) in [6.07, 6.45) is 0. The molecule has 1 saturated heterocycles. The average molecular weight is 251 g/mol. The molecule has 0 N–H and O–H groups in total. The third kappa shape index (κ3) is 1.61. The van der Waals surface area contributed by atoms with Gasteiger partial charge in [-0.15, -0.1) is 0 Å². The van der Waals surface area contributed by atoms with E-state index >= 15 is 0 Å². The molecular weight excluding hydrogens is 238 g/mol. The van der Waals surface area contributed by atoms with Gasteiger partial charge in [0.15, 0.2) is 6.61 Å². The summed E-state index contributed by atoms with van der Waals surface area (Å²) in [6, 6.07) is 5.84. The number of hydrogen-bond donors (Lipinski definition) is 1. The fraction of sp³-hybridized carbons (Fsp3) is 0.417. The predicted octanol–water partition coefficient (Wildman–Crippen LogP) is 1.20. The molecule has 1 fully saturated rings. The first-order valence-corrected chi connectivity index (χ1v) is 5.89. The second-order valence-electron chi connectivity index (χ2n) is 4.45. The number of anilines is 1. The number of carbonyl (C=O) groups excluding carboxylic acids is 1. The van der Waals surface area contributed by atoms with E-state index in [0.29, 0.717) is 13.2 Å². The molecule has 0 unspecified atom stereocenters. The van der Waals surface area contributed by atoms with Gasteiger partial charge in [0.05, 0.1) is 23.6 Å². The van der Waals surface area contributed by atoms with Crippen molar-refractivity contribution < 1.29 is 14.3 Å². The summed E-state index contributed by atoms with van der Waals surface area (Å²) in [4.78, 5) is 13.2. The minimum absolute atomic E-state index is 0.0345. The third-order valence-electron chi connectivity index (χ3n) is 3.26. The van der Waals surface area contributed by atoms with E-state index in [-0.39, 0.29) is 17.3 Å². The van der Waals surface area contributed by atoms with Crippen LogP contribution in [0.5, 0.6) is 5.75 Å². The van der Waals surface area contributed by atoms with Gasteiger partial charge in [0, 0.05) is 7.05 Å². The Morgan fingerprint density at radius 3 is 2.82 bits per heavy atom. The number of hydrogen-bond acceptors (Lipinski definition) is 4. The smallest absolute Gasteiger partial charge is 0.264 e. The molecule has 2 heterocycles. The molecule has 1 aromatic rings. The van der Waals surface area contributed by atoms with E-state index in [1.807, 2.05) is 18.2 Å². The van der Waals surface area contributed by atoms with E-state index in [0.717, 1.165) is 17.0 Å². The molecule has 2 aliphatic rings. The van der Waals surface area contributed by atoms with Crippen LogP contribution >= 0.6 is 12.6 Å². The number of benzene rings is 1. The van der Waals surface area contributed by atoms with E-state index in [9.17, 15) is 4.79 Å². The zero-order valence-electron chi connectivity index (χ0n) is 9.47. The molecule has 0 bridgehead atoms. The van der Waals surface area contributed by atoms with E-state index in [2.05, 4.69) is 12.6 Å². The van der Waals surface area contributed by atoms with Crippen LogP contribution in [0.1, 0.15) is 5.56 Å². The monoisotopic (exact) mass is 251 g/mol. The Bertz CT molecular complexity index is 485. The van der Waals surface area contributed by atoms with Crippen LogP contribution in [0.25, 0.3) is 0 Å². The van der Waals surface area contributed by atoms with Gasteiger partial charge in [0.2, 0.25) is 0 Å². The highest BCUT2D eigenvalue weighted by Gasteiger charge is 2.37. The van der Waals surface area contributed by atoms with Gasteiger partial charge < -0.3 is 14.4 Å². The summed E-state index contributed by atoms with van der Waals surface area (Å²) in [6.45, 7) is 1.32. The molecule has 1 aromatic carbocycles. The quantitative estimate of drug-likeness (QED) is 0.762. The Morgan fingerprint density at radius 2 is 2.18 bits per heavy atom. The first-order chi connectivity index (χ1) is 8.10. The minimum Gasteiger partial charge on any atom is -0.482 e. The van der Waals surface area contributed by atoms with E-state index in [4.69, 9.17) is 9.47 Å². The van der Waals surface area contributed by atoms with Crippen LogP contribution in [0.3, 0.4) is 0 Å². The van der Waals surface area contributed by atoms with Crippen molar-refractivity contribution in [1.29, 1.82) is 0 Å². The van der Waals surface area contributed by atoms with E-state index in [1.54, 1.807) is 11.9 Å². The first kappa shape index (κ1) is 10.9. The molecule has 3 rings (SSSR count). The molecule has 5 heteroatoms. The summed E-state index contributed by atoms with van der Waals surface area (Å²) in [7, 11) is 1.76. The normalized spacial score (nSPS) is 21.5. The van der Waals surface area contributed by atoms with E-state index < -0.39 is 0 Å². The maximum atomic E-state index is 11.6. The lowest BCUT2D eigenvalue weighted by Gasteiger charge is -2.38. The Morgan fingerprint density at radius 1 is 1.41 bits per heavy atom. The maximum Gasteiger partial charge on any atom is 0.264 e. The molecule has 0 radical (unpaired) electrons. The van der Waals surface area contributed by atoms with Crippen molar-refractivity contribution in [3.05, 3.63) is 23.8 Å². The highest BCUT2D eigenvalue weighted by molar-refractivity contribution is 7.81. The van der Waals surface area contributed by atoms with Crippen LogP contribution in [0.15, 0.2) is 18.2 Å². The van der Waals surface area contributed by atoms with Gasteiger partial charge in [0.1, 0.15) is 5.75 Å². The zero-order chi connectivity index (χ0) is 12.0. The number of thiol groups is 1. The van der Waals surface area contributed by atoms with Crippen molar-refractivity contribution in [2.24, 2.45) is 0 Å². The van der Waals surface area contributed by atoms with E-state index in [1.165, 1.54) is 0 Å². The fourth-order valence-corrected chi connectivity index (χ4v) is 2.35. The lowest BCUT2D eigenvalue weighted by Crippen LogP contribution is -2.42. The summed E-state index contributed by atoms with van der Waals surface area (Å²) in [5.41, 5.74) is 1.87. The summed E-state index contributed by atoms with van der Waals surface area (Å²) >= 11 is 4.61. The zero-order valence-corrected chi connectivity index (χ0v) is 10.4.